The van der Waals surface area contributed by atoms with Gasteiger partial charge < -0.3 is 19.7 Å². The zero-order valence-electron chi connectivity index (χ0n) is 16.5. The van der Waals surface area contributed by atoms with Gasteiger partial charge in [0.15, 0.2) is 11.5 Å². The molecule has 7 nitrogen and oxygen atoms in total. The van der Waals surface area contributed by atoms with Crippen LogP contribution in [0.5, 0.6) is 11.5 Å². The van der Waals surface area contributed by atoms with E-state index in [1.807, 2.05) is 12.1 Å². The van der Waals surface area contributed by atoms with Crippen molar-refractivity contribution in [1.29, 1.82) is 0 Å². The van der Waals surface area contributed by atoms with Crippen molar-refractivity contribution < 1.29 is 14.3 Å². The molecule has 1 aliphatic rings. The zero-order chi connectivity index (χ0) is 20.4. The number of carbonyl (C=O) groups excluding carboxylic acids is 1. The predicted octanol–water partition coefficient (Wildman–Crippen LogP) is 3.83. The first-order valence-electron chi connectivity index (χ1n) is 9.33. The van der Waals surface area contributed by atoms with Crippen LogP contribution < -0.4 is 19.7 Å². The molecule has 0 saturated heterocycles. The zero-order valence-corrected chi connectivity index (χ0v) is 16.5. The van der Waals surface area contributed by atoms with Gasteiger partial charge in [0.2, 0.25) is 0 Å². The number of anilines is 3. The van der Waals surface area contributed by atoms with Crippen molar-refractivity contribution in [1.82, 2.24) is 9.97 Å². The van der Waals surface area contributed by atoms with E-state index in [4.69, 9.17) is 9.47 Å². The minimum absolute atomic E-state index is 0.254. The van der Waals surface area contributed by atoms with Crippen LogP contribution >= 0.6 is 0 Å². The second-order valence-electron chi connectivity index (χ2n) is 6.84. The lowest BCUT2D eigenvalue weighted by Gasteiger charge is -2.23. The first-order valence-corrected chi connectivity index (χ1v) is 9.33. The van der Waals surface area contributed by atoms with Crippen molar-refractivity contribution in [2.45, 2.75) is 19.4 Å². The molecule has 1 N–H and O–H groups in total. The van der Waals surface area contributed by atoms with Gasteiger partial charge in [0.25, 0.3) is 5.91 Å². The molecule has 2 aromatic carbocycles. The van der Waals surface area contributed by atoms with E-state index < -0.39 is 0 Å². The number of hydrogen-bond acceptors (Lipinski definition) is 6. The Morgan fingerprint density at radius 3 is 2.66 bits per heavy atom. The molecule has 1 amide bonds. The third kappa shape index (κ3) is 3.59. The van der Waals surface area contributed by atoms with Gasteiger partial charge in [0.1, 0.15) is 17.8 Å². The molecule has 7 heteroatoms. The molecular formula is C22H22N4O3. The van der Waals surface area contributed by atoms with Gasteiger partial charge in [-0.1, -0.05) is 18.2 Å². The lowest BCUT2D eigenvalue weighted by molar-refractivity contribution is 0.102. The summed E-state index contributed by atoms with van der Waals surface area (Å²) in [6.07, 6.45) is 2.36. The number of fused-ring (bicyclic) bond motifs is 1. The average molecular weight is 390 g/mol. The number of amides is 1. The van der Waals surface area contributed by atoms with Crippen LogP contribution in [0.1, 0.15) is 23.0 Å². The van der Waals surface area contributed by atoms with Crippen LogP contribution in [0.2, 0.25) is 0 Å². The van der Waals surface area contributed by atoms with Crippen molar-refractivity contribution >= 4 is 23.1 Å². The van der Waals surface area contributed by atoms with Gasteiger partial charge in [0, 0.05) is 29.5 Å². The number of methoxy groups -OCH3 is 2. The maximum atomic E-state index is 12.8. The Hall–Kier alpha value is -3.61. The standard InChI is InChI=1S/C22H22N4O3/c1-14-10-15-6-4-5-7-18(15)26(14)21-12-17(23-13-24-21)22(27)25-16-8-9-19(28-2)20(11-16)29-3/h4-9,11-14H,10H2,1-3H3,(H,25,27). The molecule has 4 rings (SSSR count). The summed E-state index contributed by atoms with van der Waals surface area (Å²) in [7, 11) is 3.12. The lowest BCUT2D eigenvalue weighted by atomic mass is 10.1. The van der Waals surface area contributed by atoms with Gasteiger partial charge in [0.05, 0.1) is 14.2 Å². The van der Waals surface area contributed by atoms with Gasteiger partial charge >= 0.3 is 0 Å². The van der Waals surface area contributed by atoms with E-state index in [9.17, 15) is 4.79 Å². The van der Waals surface area contributed by atoms with Crippen LogP contribution in [0.25, 0.3) is 0 Å². The van der Waals surface area contributed by atoms with Crippen LogP contribution in [-0.2, 0) is 6.42 Å². The molecule has 148 valence electrons. The SMILES string of the molecule is COc1ccc(NC(=O)c2cc(N3c4ccccc4CC3C)ncn2)cc1OC. The summed E-state index contributed by atoms with van der Waals surface area (Å²) in [5.74, 6) is 1.52. The number of carbonyl (C=O) groups is 1. The fourth-order valence-corrected chi connectivity index (χ4v) is 3.63. The predicted molar refractivity (Wildman–Crippen MR) is 111 cm³/mol. The number of aromatic nitrogens is 2. The van der Waals surface area contributed by atoms with Crippen LogP contribution in [0.4, 0.5) is 17.2 Å². The molecule has 0 radical (unpaired) electrons. The first-order chi connectivity index (χ1) is 14.1. The summed E-state index contributed by atoms with van der Waals surface area (Å²) in [5.41, 5.74) is 3.27. The Balaban J connectivity index is 1.59. The van der Waals surface area contributed by atoms with Crippen LogP contribution in [-0.4, -0.2) is 36.1 Å². The molecule has 0 spiro atoms. The Morgan fingerprint density at radius 2 is 1.86 bits per heavy atom. The number of nitrogens with one attached hydrogen (secondary N) is 1. The molecule has 29 heavy (non-hydrogen) atoms. The highest BCUT2D eigenvalue weighted by Gasteiger charge is 2.28. The quantitative estimate of drug-likeness (QED) is 0.714. The highest BCUT2D eigenvalue weighted by atomic mass is 16.5. The Kier molecular flexibility index (Phi) is 5.03. The number of nitrogens with zero attached hydrogens (tertiary/aromatic N) is 3. The molecule has 3 aromatic rings. The smallest absolute Gasteiger partial charge is 0.274 e. The number of rotatable bonds is 5. The topological polar surface area (TPSA) is 76.6 Å². The summed E-state index contributed by atoms with van der Waals surface area (Å²) >= 11 is 0. The van der Waals surface area contributed by atoms with Gasteiger partial charge in [-0.25, -0.2) is 9.97 Å². The van der Waals surface area contributed by atoms with Gasteiger partial charge in [-0.05, 0) is 37.1 Å². The lowest BCUT2D eigenvalue weighted by Crippen LogP contribution is -2.25. The van der Waals surface area contributed by atoms with E-state index in [-0.39, 0.29) is 11.9 Å². The molecule has 1 atom stereocenters. The third-order valence-electron chi connectivity index (χ3n) is 4.98. The van der Waals surface area contributed by atoms with E-state index in [2.05, 4.69) is 39.2 Å². The molecule has 0 fully saturated rings. The van der Waals surface area contributed by atoms with Crippen LogP contribution in [0, 0.1) is 0 Å². The Morgan fingerprint density at radius 1 is 1.07 bits per heavy atom. The average Bonchev–Trinajstić information content (AvgIpc) is 3.09. The summed E-state index contributed by atoms with van der Waals surface area (Å²) in [4.78, 5) is 23.5. The van der Waals surface area contributed by atoms with Crippen molar-refractivity contribution in [3.05, 3.63) is 66.1 Å². The molecule has 0 bridgehead atoms. The molecule has 2 heterocycles. The van der Waals surface area contributed by atoms with Crippen molar-refractivity contribution in [3.63, 3.8) is 0 Å². The maximum absolute atomic E-state index is 12.8. The minimum Gasteiger partial charge on any atom is -0.493 e. The monoisotopic (exact) mass is 390 g/mol. The Labute approximate surface area is 169 Å². The molecule has 1 unspecified atom stereocenters. The fraction of sp³-hybridized carbons (Fsp3) is 0.227. The summed E-state index contributed by atoms with van der Waals surface area (Å²) in [6.45, 7) is 2.14. The first kappa shape index (κ1) is 18.7. The molecule has 0 aliphatic carbocycles. The minimum atomic E-state index is -0.319. The van der Waals surface area contributed by atoms with Gasteiger partial charge in [-0.3, -0.25) is 4.79 Å². The number of hydrogen-bond donors (Lipinski definition) is 1. The summed E-state index contributed by atoms with van der Waals surface area (Å²) < 4.78 is 10.5. The normalized spacial score (nSPS) is 15.0. The van der Waals surface area contributed by atoms with E-state index in [0.717, 1.165) is 12.1 Å². The van der Waals surface area contributed by atoms with Crippen molar-refractivity contribution in [2.75, 3.05) is 24.4 Å². The van der Waals surface area contributed by atoms with E-state index >= 15 is 0 Å². The highest BCUT2D eigenvalue weighted by Crippen LogP contribution is 2.37. The second kappa shape index (κ2) is 7.79. The molecule has 0 saturated carbocycles. The fourth-order valence-electron chi connectivity index (χ4n) is 3.63. The number of benzene rings is 2. The van der Waals surface area contributed by atoms with E-state index in [1.165, 1.54) is 11.9 Å². The van der Waals surface area contributed by atoms with Crippen LogP contribution in [0.15, 0.2) is 54.9 Å². The van der Waals surface area contributed by atoms with E-state index in [0.29, 0.717) is 28.7 Å². The van der Waals surface area contributed by atoms with Gasteiger partial charge in [-0.2, -0.15) is 0 Å². The number of ether oxygens (including phenoxy) is 2. The maximum Gasteiger partial charge on any atom is 0.274 e. The highest BCUT2D eigenvalue weighted by molar-refractivity contribution is 6.03. The molecule has 1 aromatic heterocycles. The summed E-state index contributed by atoms with van der Waals surface area (Å²) in [6, 6.07) is 15.4. The molecular weight excluding hydrogens is 368 g/mol. The molecule has 1 aliphatic heterocycles. The van der Waals surface area contributed by atoms with Gasteiger partial charge in [-0.15, -0.1) is 0 Å². The largest absolute Gasteiger partial charge is 0.493 e. The second-order valence-corrected chi connectivity index (χ2v) is 6.84. The van der Waals surface area contributed by atoms with E-state index in [1.54, 1.807) is 38.5 Å². The van der Waals surface area contributed by atoms with Crippen molar-refractivity contribution in [2.24, 2.45) is 0 Å². The third-order valence-corrected chi connectivity index (χ3v) is 4.98. The summed E-state index contributed by atoms with van der Waals surface area (Å²) in [5, 5.41) is 2.85. The Bertz CT molecular complexity index is 1050. The van der Waals surface area contributed by atoms with Crippen molar-refractivity contribution in [3.8, 4) is 11.5 Å². The van der Waals surface area contributed by atoms with Crippen LogP contribution in [0.3, 0.4) is 0 Å². The number of para-hydroxylation sites is 1.